The van der Waals surface area contributed by atoms with Gasteiger partial charge in [0.2, 0.25) is 0 Å². The van der Waals surface area contributed by atoms with Gasteiger partial charge in [-0.25, -0.2) is 8.78 Å². The van der Waals surface area contributed by atoms with Gasteiger partial charge in [-0.05, 0) is 18.2 Å². The van der Waals surface area contributed by atoms with Gasteiger partial charge in [0.15, 0.2) is 0 Å². The lowest BCUT2D eigenvalue weighted by molar-refractivity contribution is -0.137. The Hall–Kier alpha value is -1.33. The van der Waals surface area contributed by atoms with E-state index < -0.39 is 29.0 Å². The fourth-order valence-corrected chi connectivity index (χ4v) is 1.03. The highest BCUT2D eigenvalue weighted by Gasteiger charge is 2.34. The highest BCUT2D eigenvalue weighted by molar-refractivity contribution is 5.36. The Bertz CT molecular complexity index is 331. The van der Waals surface area contributed by atoms with Crippen molar-refractivity contribution in [2.75, 3.05) is 0 Å². The maximum atomic E-state index is 12.7. The zero-order chi connectivity index (χ0) is 11.9. The molecule has 0 radical (unpaired) electrons. The van der Waals surface area contributed by atoms with E-state index in [4.69, 9.17) is 5.11 Å². The monoisotopic (exact) mass is 226 g/mol. The number of hydrogen-bond donors (Lipinski definition) is 1. The molecule has 0 aliphatic rings. The van der Waals surface area contributed by atoms with E-state index in [2.05, 4.69) is 0 Å². The second-order valence-corrected chi connectivity index (χ2v) is 3.15. The van der Waals surface area contributed by atoms with Crippen LogP contribution in [-0.2, 0) is 12.1 Å². The van der Waals surface area contributed by atoms with Crippen LogP contribution in [0.5, 0.6) is 5.75 Å². The van der Waals surface area contributed by atoms with Crippen LogP contribution in [0.2, 0.25) is 0 Å². The Balaban J connectivity index is 3.30. The number of rotatable bonds is 1. The molecule has 0 amide bonds. The zero-order valence-corrected chi connectivity index (χ0v) is 7.57. The van der Waals surface area contributed by atoms with E-state index in [0.29, 0.717) is 25.1 Å². The molecule has 0 bridgehead atoms. The molecule has 1 aromatic rings. The third kappa shape index (κ3) is 2.81. The zero-order valence-electron chi connectivity index (χ0n) is 7.57. The first kappa shape index (κ1) is 11.7. The smallest absolute Gasteiger partial charge is 0.416 e. The van der Waals surface area contributed by atoms with Crippen LogP contribution in [0.4, 0.5) is 22.0 Å². The van der Waals surface area contributed by atoms with Crippen LogP contribution in [-0.4, -0.2) is 5.11 Å². The summed E-state index contributed by atoms with van der Waals surface area (Å²) in [5, 5.41) is 8.89. The first-order valence-corrected chi connectivity index (χ1v) is 3.90. The van der Waals surface area contributed by atoms with Crippen molar-refractivity contribution in [2.45, 2.75) is 19.0 Å². The van der Waals surface area contributed by atoms with Gasteiger partial charge in [0.1, 0.15) is 5.75 Å². The molecule has 0 saturated heterocycles. The molecule has 0 unspecified atom stereocenters. The topological polar surface area (TPSA) is 20.2 Å². The van der Waals surface area contributed by atoms with Crippen LogP contribution in [0, 0.1) is 0 Å². The summed E-state index contributed by atoms with van der Waals surface area (Å²) in [5.41, 5.74) is -2.16. The number of aromatic hydroxyl groups is 1. The number of hydrogen-bond acceptors (Lipinski definition) is 1. The first-order chi connectivity index (χ1) is 6.60. The Morgan fingerprint density at radius 2 is 1.40 bits per heavy atom. The van der Waals surface area contributed by atoms with Crippen molar-refractivity contribution in [1.29, 1.82) is 0 Å². The van der Waals surface area contributed by atoms with E-state index in [9.17, 15) is 22.0 Å². The molecule has 0 spiro atoms. The van der Waals surface area contributed by atoms with E-state index in [-0.39, 0.29) is 0 Å². The third-order valence-corrected chi connectivity index (χ3v) is 1.75. The highest BCUT2D eigenvalue weighted by atomic mass is 19.4. The largest absolute Gasteiger partial charge is 0.508 e. The fraction of sp³-hybridized carbons (Fsp3) is 0.333. The van der Waals surface area contributed by atoms with Crippen LogP contribution in [0.25, 0.3) is 0 Å². The Morgan fingerprint density at radius 3 is 1.80 bits per heavy atom. The summed E-state index contributed by atoms with van der Waals surface area (Å²) in [4.78, 5) is 0. The molecule has 84 valence electrons. The number of halogens is 5. The van der Waals surface area contributed by atoms with Crippen molar-refractivity contribution in [2.24, 2.45) is 0 Å². The fourth-order valence-electron chi connectivity index (χ4n) is 1.03. The number of benzene rings is 1. The average molecular weight is 226 g/mol. The molecule has 1 aromatic carbocycles. The molecule has 0 heterocycles. The number of phenols is 1. The van der Waals surface area contributed by atoms with Gasteiger partial charge < -0.3 is 5.11 Å². The average Bonchev–Trinajstić information content (AvgIpc) is 1.99. The van der Waals surface area contributed by atoms with E-state index in [0.717, 1.165) is 0 Å². The van der Waals surface area contributed by atoms with E-state index >= 15 is 0 Å². The first-order valence-electron chi connectivity index (χ1n) is 3.90. The second-order valence-electron chi connectivity index (χ2n) is 3.15. The minimum Gasteiger partial charge on any atom is -0.508 e. The Kier molecular flexibility index (Phi) is 2.63. The molecule has 0 aromatic heterocycles. The van der Waals surface area contributed by atoms with Crippen molar-refractivity contribution >= 4 is 0 Å². The predicted molar refractivity (Wildman–Crippen MR) is 42.7 cm³/mol. The van der Waals surface area contributed by atoms with Crippen LogP contribution >= 0.6 is 0 Å². The Labute approximate surface area is 82.1 Å². The molecule has 0 aliphatic heterocycles. The predicted octanol–water partition coefficient (Wildman–Crippen LogP) is 3.52. The van der Waals surface area contributed by atoms with Crippen molar-refractivity contribution in [3.63, 3.8) is 0 Å². The Morgan fingerprint density at radius 1 is 0.933 bits per heavy atom. The maximum absolute atomic E-state index is 12.7. The van der Waals surface area contributed by atoms with Crippen molar-refractivity contribution in [3.8, 4) is 5.75 Å². The van der Waals surface area contributed by atoms with Gasteiger partial charge in [0.05, 0.1) is 5.56 Å². The number of phenolic OH excluding ortho intramolecular Hbond substituents is 1. The summed E-state index contributed by atoms with van der Waals surface area (Å²) in [6.07, 6.45) is -4.75. The summed E-state index contributed by atoms with van der Waals surface area (Å²) in [6.45, 7) is 0.460. The maximum Gasteiger partial charge on any atom is 0.416 e. The highest BCUT2D eigenvalue weighted by Crippen LogP contribution is 2.36. The van der Waals surface area contributed by atoms with Crippen molar-refractivity contribution in [3.05, 3.63) is 29.3 Å². The van der Waals surface area contributed by atoms with Gasteiger partial charge in [-0.1, -0.05) is 0 Å². The second kappa shape index (κ2) is 3.36. The molecular weight excluding hydrogens is 219 g/mol. The van der Waals surface area contributed by atoms with Gasteiger partial charge in [0.25, 0.3) is 5.92 Å². The summed E-state index contributed by atoms with van der Waals surface area (Å²) >= 11 is 0. The molecule has 1 N–H and O–H groups in total. The molecule has 0 fully saturated rings. The molecule has 1 rings (SSSR count). The van der Waals surface area contributed by atoms with Gasteiger partial charge >= 0.3 is 6.18 Å². The summed E-state index contributed by atoms with van der Waals surface area (Å²) < 4.78 is 62.0. The van der Waals surface area contributed by atoms with Crippen molar-refractivity contribution < 1.29 is 27.1 Å². The minimum absolute atomic E-state index is 0.319. The summed E-state index contributed by atoms with van der Waals surface area (Å²) in [6, 6.07) is 1.32. The van der Waals surface area contributed by atoms with Crippen LogP contribution in [0.15, 0.2) is 18.2 Å². The molecular formula is C9H7F5O. The molecule has 0 saturated carbocycles. The van der Waals surface area contributed by atoms with Gasteiger partial charge in [0, 0.05) is 12.5 Å². The molecule has 1 nitrogen and oxygen atoms in total. The van der Waals surface area contributed by atoms with Gasteiger partial charge in [-0.15, -0.1) is 0 Å². The lowest BCUT2D eigenvalue weighted by Gasteiger charge is -2.14. The van der Waals surface area contributed by atoms with Crippen LogP contribution in [0.3, 0.4) is 0 Å². The SMILES string of the molecule is CC(F)(F)c1cc(O)cc(C(F)(F)F)c1. The quantitative estimate of drug-likeness (QED) is 0.726. The molecule has 6 heteroatoms. The standard InChI is InChI=1S/C9H7F5O/c1-8(10,11)5-2-6(9(12,13)14)4-7(15)3-5/h2-4,15H,1H3. The third-order valence-electron chi connectivity index (χ3n) is 1.75. The van der Waals surface area contributed by atoms with E-state index in [1.807, 2.05) is 0 Å². The summed E-state index contributed by atoms with van der Waals surface area (Å²) in [7, 11) is 0. The van der Waals surface area contributed by atoms with Gasteiger partial charge in [-0.2, -0.15) is 13.2 Å². The normalized spacial score (nSPS) is 12.9. The van der Waals surface area contributed by atoms with Crippen LogP contribution in [0.1, 0.15) is 18.1 Å². The van der Waals surface area contributed by atoms with Crippen molar-refractivity contribution in [1.82, 2.24) is 0 Å². The van der Waals surface area contributed by atoms with Crippen LogP contribution < -0.4 is 0 Å². The minimum atomic E-state index is -4.75. The number of alkyl halides is 5. The molecule has 0 aliphatic carbocycles. The summed E-state index contributed by atoms with van der Waals surface area (Å²) in [5.74, 6) is -4.25. The lowest BCUT2D eigenvalue weighted by atomic mass is 10.1. The molecule has 15 heavy (non-hydrogen) atoms. The van der Waals surface area contributed by atoms with E-state index in [1.165, 1.54) is 0 Å². The van der Waals surface area contributed by atoms with Gasteiger partial charge in [-0.3, -0.25) is 0 Å². The molecule has 0 atom stereocenters. The lowest BCUT2D eigenvalue weighted by Crippen LogP contribution is -2.11. The van der Waals surface area contributed by atoms with E-state index in [1.54, 1.807) is 0 Å².